The molecule has 31 heavy (non-hydrogen) atoms. The number of amidine groups is 1. The molecule has 158 valence electrons. The fourth-order valence-electron chi connectivity index (χ4n) is 3.14. The monoisotopic (exact) mass is 435 g/mol. The number of aromatic nitrogens is 2. The number of methoxy groups -OCH3 is 1. The van der Waals surface area contributed by atoms with Gasteiger partial charge in [-0.2, -0.15) is 10.1 Å². The maximum absolute atomic E-state index is 13.1. The minimum Gasteiger partial charge on any atom is -0.497 e. The fourth-order valence-corrected chi connectivity index (χ4v) is 3.94. The number of para-hydroxylation sites is 1. The highest BCUT2D eigenvalue weighted by Crippen LogP contribution is 2.25. The Balaban J connectivity index is 1.68. The zero-order valence-electron chi connectivity index (χ0n) is 17.3. The largest absolute Gasteiger partial charge is 0.497 e. The maximum Gasteiger partial charge on any atom is 0.297 e. The molecule has 1 aromatic heterocycles. The van der Waals surface area contributed by atoms with Gasteiger partial charge >= 0.3 is 0 Å². The van der Waals surface area contributed by atoms with E-state index in [-0.39, 0.29) is 22.9 Å². The van der Waals surface area contributed by atoms with Gasteiger partial charge in [-0.1, -0.05) is 30.0 Å². The third-order valence-electron chi connectivity index (χ3n) is 4.91. The van der Waals surface area contributed by atoms with Crippen LogP contribution in [0.3, 0.4) is 0 Å². The smallest absolute Gasteiger partial charge is 0.297 e. The summed E-state index contributed by atoms with van der Waals surface area (Å²) >= 11 is 1.26. The van der Waals surface area contributed by atoms with Crippen molar-refractivity contribution in [2.45, 2.75) is 6.92 Å². The van der Waals surface area contributed by atoms with Gasteiger partial charge in [-0.15, -0.1) is 0 Å². The number of hydrazone groups is 1. The number of thioether (sulfide) groups is 1. The molecule has 0 aliphatic carbocycles. The van der Waals surface area contributed by atoms with E-state index in [0.29, 0.717) is 10.9 Å². The van der Waals surface area contributed by atoms with Crippen molar-refractivity contribution in [1.82, 2.24) is 14.4 Å². The van der Waals surface area contributed by atoms with E-state index in [1.165, 1.54) is 16.8 Å². The summed E-state index contributed by atoms with van der Waals surface area (Å²) < 4.78 is 8.46. The molecule has 3 aromatic rings. The molecule has 0 bridgehead atoms. The highest BCUT2D eigenvalue weighted by Gasteiger charge is 2.29. The van der Waals surface area contributed by atoms with Crippen molar-refractivity contribution >= 4 is 34.7 Å². The zero-order valence-corrected chi connectivity index (χ0v) is 18.2. The molecule has 0 spiro atoms. The van der Waals surface area contributed by atoms with Crippen LogP contribution in [-0.4, -0.2) is 44.5 Å². The Hall–Kier alpha value is -3.59. The Morgan fingerprint density at radius 3 is 2.45 bits per heavy atom. The lowest BCUT2D eigenvalue weighted by atomic mass is 10.2. The van der Waals surface area contributed by atoms with Gasteiger partial charge in [0.2, 0.25) is 0 Å². The predicted octanol–water partition coefficient (Wildman–Crippen LogP) is 3.09. The third-order valence-corrected chi connectivity index (χ3v) is 5.83. The average molecular weight is 436 g/mol. The van der Waals surface area contributed by atoms with Crippen LogP contribution in [0.25, 0.3) is 5.69 Å². The number of carbonyl (C=O) groups is 1. The van der Waals surface area contributed by atoms with Crippen LogP contribution >= 0.6 is 11.8 Å². The average Bonchev–Trinajstić information content (AvgIpc) is 3.24. The van der Waals surface area contributed by atoms with Gasteiger partial charge in [-0.05, 0) is 48.9 Å². The van der Waals surface area contributed by atoms with Crippen LogP contribution in [0.15, 0.2) is 69.5 Å². The molecule has 2 aromatic carbocycles. The molecule has 0 radical (unpaired) electrons. The zero-order chi connectivity index (χ0) is 22.0. The van der Waals surface area contributed by atoms with Crippen LogP contribution in [-0.2, 0) is 11.8 Å². The second kappa shape index (κ2) is 8.65. The predicted molar refractivity (Wildman–Crippen MR) is 123 cm³/mol. The fraction of sp³-hybridized carbons (Fsp3) is 0.182. The Kier molecular flexibility index (Phi) is 5.77. The molecule has 2 heterocycles. The van der Waals surface area contributed by atoms with Crippen molar-refractivity contribution in [3.8, 4) is 11.4 Å². The summed E-state index contributed by atoms with van der Waals surface area (Å²) in [5, 5.41) is 5.92. The molecule has 1 amide bonds. The molecule has 1 fully saturated rings. The molecule has 0 unspecified atom stereocenters. The highest BCUT2D eigenvalue weighted by atomic mass is 32.2. The Labute approximate surface area is 183 Å². The van der Waals surface area contributed by atoms with E-state index >= 15 is 0 Å². The quantitative estimate of drug-likeness (QED) is 0.577. The van der Waals surface area contributed by atoms with Gasteiger partial charge in [0.05, 0.1) is 30.5 Å². The van der Waals surface area contributed by atoms with Crippen molar-refractivity contribution in [3.63, 3.8) is 0 Å². The van der Waals surface area contributed by atoms with Gasteiger partial charge in [0.15, 0.2) is 10.9 Å². The van der Waals surface area contributed by atoms with Crippen molar-refractivity contribution in [2.24, 2.45) is 17.1 Å². The molecule has 9 heteroatoms. The van der Waals surface area contributed by atoms with Gasteiger partial charge in [-0.3, -0.25) is 14.3 Å². The van der Waals surface area contributed by atoms with Gasteiger partial charge < -0.3 is 4.74 Å². The number of aliphatic imine (C=N–C) groups is 1. The van der Waals surface area contributed by atoms with Crippen molar-refractivity contribution in [1.29, 1.82) is 0 Å². The first-order valence-corrected chi connectivity index (χ1v) is 10.5. The van der Waals surface area contributed by atoms with Gasteiger partial charge in [0.1, 0.15) is 5.75 Å². The number of amides is 1. The van der Waals surface area contributed by atoms with Gasteiger partial charge in [0.25, 0.3) is 11.5 Å². The van der Waals surface area contributed by atoms with E-state index in [2.05, 4.69) is 10.1 Å². The molecule has 0 saturated carbocycles. The first-order valence-electron chi connectivity index (χ1n) is 9.56. The number of carbonyl (C=O) groups excluding carboxylic acids is 1. The Morgan fingerprint density at radius 1 is 1.06 bits per heavy atom. The van der Waals surface area contributed by atoms with Crippen molar-refractivity contribution in [3.05, 3.63) is 76.2 Å². The Morgan fingerprint density at radius 2 is 1.77 bits per heavy atom. The molecule has 8 nitrogen and oxygen atoms in total. The summed E-state index contributed by atoms with van der Waals surface area (Å²) in [6, 6.07) is 16.7. The van der Waals surface area contributed by atoms with Crippen LogP contribution < -0.4 is 10.3 Å². The van der Waals surface area contributed by atoms with E-state index in [1.807, 2.05) is 61.5 Å². The third kappa shape index (κ3) is 4.04. The second-order valence-electron chi connectivity index (χ2n) is 6.82. The lowest BCUT2D eigenvalue weighted by molar-refractivity contribution is -0.124. The van der Waals surface area contributed by atoms with E-state index < -0.39 is 0 Å². The molecular weight excluding hydrogens is 414 g/mol. The molecule has 1 saturated heterocycles. The highest BCUT2D eigenvalue weighted by molar-refractivity contribution is 8.15. The van der Waals surface area contributed by atoms with Crippen molar-refractivity contribution < 1.29 is 9.53 Å². The molecule has 0 N–H and O–H groups in total. The second-order valence-corrected chi connectivity index (χ2v) is 7.76. The number of rotatable bonds is 5. The van der Waals surface area contributed by atoms with E-state index in [4.69, 9.17) is 4.74 Å². The molecular formula is C22H21N5O3S. The standard InChI is InChI=1S/C22H21N5O3S/c1-15-20(21(29)27(25(15)2)17-7-5-4-6-8-17)24-22-26(19(28)14-31-22)23-13-16-9-11-18(30-3)12-10-16/h4-13H,14H2,1-3H3/b23-13+,24-22?. The van der Waals surface area contributed by atoms with E-state index in [1.54, 1.807) is 29.7 Å². The van der Waals surface area contributed by atoms with Gasteiger partial charge in [0, 0.05) is 7.05 Å². The summed E-state index contributed by atoms with van der Waals surface area (Å²) in [6.45, 7) is 1.83. The van der Waals surface area contributed by atoms with E-state index in [9.17, 15) is 9.59 Å². The van der Waals surface area contributed by atoms with Gasteiger partial charge in [-0.25, -0.2) is 9.67 Å². The Bertz CT molecular complexity index is 1230. The summed E-state index contributed by atoms with van der Waals surface area (Å²) in [7, 11) is 3.41. The lowest BCUT2D eigenvalue weighted by Crippen LogP contribution is -2.24. The van der Waals surface area contributed by atoms with E-state index in [0.717, 1.165) is 17.0 Å². The van der Waals surface area contributed by atoms with Crippen LogP contribution in [0.5, 0.6) is 5.75 Å². The SMILES string of the molecule is COc1ccc(/C=N/N2C(=O)CSC2=Nc2c(C)n(C)n(-c3ccccc3)c2=O)cc1. The number of benzene rings is 2. The van der Waals surface area contributed by atoms with Crippen LogP contribution in [0.2, 0.25) is 0 Å². The van der Waals surface area contributed by atoms with Crippen LogP contribution in [0.4, 0.5) is 5.69 Å². The summed E-state index contributed by atoms with van der Waals surface area (Å²) in [4.78, 5) is 30.0. The lowest BCUT2D eigenvalue weighted by Gasteiger charge is -2.08. The first-order chi connectivity index (χ1) is 15.0. The first kappa shape index (κ1) is 20.7. The molecule has 1 aliphatic heterocycles. The molecule has 1 aliphatic rings. The summed E-state index contributed by atoms with van der Waals surface area (Å²) in [5.74, 6) is 0.768. The molecule has 0 atom stereocenters. The topological polar surface area (TPSA) is 81.2 Å². The molecule has 4 rings (SSSR count). The van der Waals surface area contributed by atoms with Crippen LogP contribution in [0, 0.1) is 6.92 Å². The van der Waals surface area contributed by atoms with Crippen molar-refractivity contribution in [2.75, 3.05) is 12.9 Å². The minimum absolute atomic E-state index is 0.189. The normalized spacial score (nSPS) is 15.4. The summed E-state index contributed by atoms with van der Waals surface area (Å²) in [5.41, 5.74) is 2.28. The maximum atomic E-state index is 13.1. The number of nitrogens with zero attached hydrogens (tertiary/aromatic N) is 5. The summed E-state index contributed by atoms with van der Waals surface area (Å²) in [6.07, 6.45) is 1.58. The minimum atomic E-state index is -0.252. The number of hydrogen-bond acceptors (Lipinski definition) is 6. The number of hydrogen-bond donors (Lipinski definition) is 0. The number of ether oxygens (including phenoxy) is 1. The van der Waals surface area contributed by atoms with Crippen LogP contribution in [0.1, 0.15) is 11.3 Å².